The predicted molar refractivity (Wildman–Crippen MR) is 109 cm³/mol. The van der Waals surface area contributed by atoms with E-state index in [0.717, 1.165) is 43.9 Å². The van der Waals surface area contributed by atoms with E-state index in [1.165, 1.54) is 43.3 Å². The Kier molecular flexibility index (Phi) is 6.45. The molecule has 3 aliphatic rings. The maximum atomic E-state index is 9.97. The van der Waals surface area contributed by atoms with E-state index >= 15 is 0 Å². The lowest BCUT2D eigenvalue weighted by Gasteiger charge is -2.44. The van der Waals surface area contributed by atoms with Gasteiger partial charge >= 0.3 is 0 Å². The fraction of sp³-hybridized carbons (Fsp3) is 0.750. The fourth-order valence-electron chi connectivity index (χ4n) is 6.22. The van der Waals surface area contributed by atoms with Crippen LogP contribution in [-0.4, -0.2) is 22.9 Å². The average Bonchev–Trinajstić information content (AvgIpc) is 2.98. The van der Waals surface area contributed by atoms with Crippen LogP contribution in [0, 0.1) is 23.2 Å². The summed E-state index contributed by atoms with van der Waals surface area (Å²) < 4.78 is 0. The smallest absolute Gasteiger partial charge is 0.0583 e. The minimum absolute atomic E-state index is 0.190. The van der Waals surface area contributed by atoms with Gasteiger partial charge in [0.1, 0.15) is 0 Å². The Morgan fingerprint density at radius 3 is 2.81 bits per heavy atom. The van der Waals surface area contributed by atoms with E-state index in [-0.39, 0.29) is 6.10 Å². The van der Waals surface area contributed by atoms with Crippen LogP contribution in [0.3, 0.4) is 0 Å². The number of aliphatic hydroxyl groups is 2. The van der Waals surface area contributed by atoms with Crippen molar-refractivity contribution in [2.45, 2.75) is 84.2 Å². The fourth-order valence-corrected chi connectivity index (χ4v) is 6.22. The maximum absolute atomic E-state index is 9.97. The van der Waals surface area contributed by atoms with Gasteiger partial charge in [-0.1, -0.05) is 43.7 Å². The summed E-state index contributed by atoms with van der Waals surface area (Å²) in [5, 5.41) is 19.2. The molecule has 0 saturated heterocycles. The van der Waals surface area contributed by atoms with Gasteiger partial charge in [0.05, 0.1) is 6.10 Å². The quantitative estimate of drug-likeness (QED) is 0.675. The summed E-state index contributed by atoms with van der Waals surface area (Å²) in [5.74, 6) is 2.22. The van der Waals surface area contributed by atoms with Crippen molar-refractivity contribution in [2.75, 3.05) is 6.61 Å². The third-order valence-corrected chi connectivity index (χ3v) is 7.73. The van der Waals surface area contributed by atoms with E-state index in [9.17, 15) is 10.2 Å². The number of allylic oxidation sites excluding steroid dienone is 4. The van der Waals surface area contributed by atoms with Crippen LogP contribution in [0.5, 0.6) is 0 Å². The normalized spacial score (nSPS) is 39.4. The summed E-state index contributed by atoms with van der Waals surface area (Å²) >= 11 is 0. The second-order valence-corrected chi connectivity index (χ2v) is 9.37. The number of rotatable bonds is 5. The minimum Gasteiger partial charge on any atom is -0.396 e. The standard InChI is InChI=1S/C24H38O2/c1-17-8-11-21(26)16-20(17)10-9-19-7-4-14-24(3)22(12-13-23(19)24)18(2)6-5-15-25/h9-10,18,21-23,25-26H,1,4-8,11-16H2,2-3H3/b19-9+,20-10-/t18-,21+,22-,23+,24-/m1/s1. The summed E-state index contributed by atoms with van der Waals surface area (Å²) in [7, 11) is 0. The molecule has 0 aromatic rings. The topological polar surface area (TPSA) is 40.5 Å². The molecule has 2 nitrogen and oxygen atoms in total. The van der Waals surface area contributed by atoms with Crippen LogP contribution in [-0.2, 0) is 0 Å². The zero-order chi connectivity index (χ0) is 18.7. The van der Waals surface area contributed by atoms with Gasteiger partial charge in [-0.3, -0.25) is 0 Å². The Bertz CT molecular complexity index is 573. The third kappa shape index (κ3) is 4.02. The molecule has 26 heavy (non-hydrogen) atoms. The molecule has 3 saturated carbocycles. The largest absolute Gasteiger partial charge is 0.396 e. The van der Waals surface area contributed by atoms with Crippen LogP contribution in [0.1, 0.15) is 78.1 Å². The average molecular weight is 359 g/mol. The van der Waals surface area contributed by atoms with Crippen LogP contribution in [0.25, 0.3) is 0 Å². The molecule has 0 bridgehead atoms. The Morgan fingerprint density at radius 2 is 2.04 bits per heavy atom. The minimum atomic E-state index is -0.190. The first kappa shape index (κ1) is 19.9. The summed E-state index contributed by atoms with van der Waals surface area (Å²) in [6, 6.07) is 0. The van der Waals surface area contributed by atoms with Crippen molar-refractivity contribution in [3.8, 4) is 0 Å². The molecule has 0 amide bonds. The molecule has 0 aliphatic heterocycles. The number of hydrogen-bond acceptors (Lipinski definition) is 2. The van der Waals surface area contributed by atoms with Gasteiger partial charge in [-0.05, 0) is 93.0 Å². The SMILES string of the molecule is C=C1CC[C@H](O)C/C1=C/C=C1\CCC[C@]2(C)[C@@H]([C@H](C)CCCO)CC[C@@H]12. The van der Waals surface area contributed by atoms with Crippen LogP contribution < -0.4 is 0 Å². The van der Waals surface area contributed by atoms with Gasteiger partial charge in [-0.25, -0.2) is 0 Å². The van der Waals surface area contributed by atoms with Crippen LogP contribution in [0.15, 0.2) is 35.5 Å². The van der Waals surface area contributed by atoms with Crippen molar-refractivity contribution < 1.29 is 10.2 Å². The van der Waals surface area contributed by atoms with Crippen LogP contribution in [0.4, 0.5) is 0 Å². The first-order chi connectivity index (χ1) is 12.5. The van der Waals surface area contributed by atoms with Crippen molar-refractivity contribution in [1.82, 2.24) is 0 Å². The highest BCUT2D eigenvalue weighted by molar-refractivity contribution is 5.36. The molecule has 0 spiro atoms. The monoisotopic (exact) mass is 358 g/mol. The zero-order valence-corrected chi connectivity index (χ0v) is 16.8. The summed E-state index contributed by atoms with van der Waals surface area (Å²) in [6.45, 7) is 9.47. The molecule has 0 aromatic carbocycles. The third-order valence-electron chi connectivity index (χ3n) is 7.73. The molecular weight excluding hydrogens is 320 g/mol. The predicted octanol–water partition coefficient (Wildman–Crippen LogP) is 5.57. The van der Waals surface area contributed by atoms with Crippen molar-refractivity contribution >= 4 is 0 Å². The van der Waals surface area contributed by atoms with Crippen molar-refractivity contribution in [3.05, 3.63) is 35.5 Å². The molecule has 3 aliphatic carbocycles. The van der Waals surface area contributed by atoms with Gasteiger partial charge in [0.2, 0.25) is 0 Å². The van der Waals surface area contributed by atoms with Gasteiger partial charge < -0.3 is 10.2 Å². The molecule has 2 heteroatoms. The first-order valence-corrected chi connectivity index (χ1v) is 10.8. The molecule has 5 atom stereocenters. The summed E-state index contributed by atoms with van der Waals surface area (Å²) in [4.78, 5) is 0. The Labute approximate surface area is 160 Å². The van der Waals surface area contributed by atoms with E-state index in [0.29, 0.717) is 17.9 Å². The molecule has 2 N–H and O–H groups in total. The van der Waals surface area contributed by atoms with Gasteiger partial charge in [-0.15, -0.1) is 0 Å². The lowest BCUT2D eigenvalue weighted by Crippen LogP contribution is -2.36. The summed E-state index contributed by atoms with van der Waals surface area (Å²) in [6.07, 6.45) is 15.7. The van der Waals surface area contributed by atoms with E-state index in [2.05, 4.69) is 32.6 Å². The number of hydrogen-bond donors (Lipinski definition) is 2. The number of fused-ring (bicyclic) bond motifs is 1. The van der Waals surface area contributed by atoms with E-state index in [1.54, 1.807) is 5.57 Å². The Hall–Kier alpha value is -0.860. The molecule has 146 valence electrons. The molecule has 3 fully saturated rings. The van der Waals surface area contributed by atoms with Crippen LogP contribution in [0.2, 0.25) is 0 Å². The molecule has 0 unspecified atom stereocenters. The molecule has 0 aromatic heterocycles. The second kappa shape index (κ2) is 8.44. The Balaban J connectivity index is 1.75. The van der Waals surface area contributed by atoms with Gasteiger partial charge in [-0.2, -0.15) is 0 Å². The van der Waals surface area contributed by atoms with Gasteiger partial charge in [0, 0.05) is 6.61 Å². The van der Waals surface area contributed by atoms with E-state index in [4.69, 9.17) is 0 Å². The highest BCUT2D eigenvalue weighted by Crippen LogP contribution is 2.59. The van der Waals surface area contributed by atoms with Gasteiger partial charge in [0.15, 0.2) is 0 Å². The lowest BCUT2D eigenvalue weighted by atomic mass is 9.60. The van der Waals surface area contributed by atoms with E-state index in [1.807, 2.05) is 0 Å². The Morgan fingerprint density at radius 1 is 1.23 bits per heavy atom. The van der Waals surface area contributed by atoms with Crippen molar-refractivity contribution in [3.63, 3.8) is 0 Å². The number of aliphatic hydroxyl groups excluding tert-OH is 2. The first-order valence-electron chi connectivity index (χ1n) is 10.8. The van der Waals surface area contributed by atoms with E-state index < -0.39 is 0 Å². The molecule has 0 radical (unpaired) electrons. The highest BCUT2D eigenvalue weighted by atomic mass is 16.3. The molecule has 0 heterocycles. The van der Waals surface area contributed by atoms with Crippen LogP contribution >= 0.6 is 0 Å². The molecular formula is C24H38O2. The molecule has 3 rings (SSSR count). The lowest BCUT2D eigenvalue weighted by molar-refractivity contribution is 0.0909. The second-order valence-electron chi connectivity index (χ2n) is 9.37. The zero-order valence-electron chi connectivity index (χ0n) is 16.8. The van der Waals surface area contributed by atoms with Crippen molar-refractivity contribution in [2.24, 2.45) is 23.2 Å². The summed E-state index contributed by atoms with van der Waals surface area (Å²) in [5.41, 5.74) is 4.54. The van der Waals surface area contributed by atoms with Gasteiger partial charge in [0.25, 0.3) is 0 Å². The maximum Gasteiger partial charge on any atom is 0.0583 e. The van der Waals surface area contributed by atoms with Crippen molar-refractivity contribution in [1.29, 1.82) is 0 Å². The highest BCUT2D eigenvalue weighted by Gasteiger charge is 2.50.